The number of Topliss-reactive ketones (excluding diaryl/α,β-unsaturated/α-hetero) is 1. The number of fused-ring (bicyclic) bond motifs is 1. The van der Waals surface area contributed by atoms with E-state index in [1.54, 1.807) is 38.3 Å². The van der Waals surface area contributed by atoms with Crippen LogP contribution in [0.2, 0.25) is 0 Å². The van der Waals surface area contributed by atoms with Crippen molar-refractivity contribution in [1.29, 1.82) is 0 Å². The van der Waals surface area contributed by atoms with Crippen LogP contribution in [0.1, 0.15) is 46.2 Å². The van der Waals surface area contributed by atoms with E-state index in [1.165, 1.54) is 12.0 Å². The number of nitrogens with zero attached hydrogens (tertiary/aromatic N) is 2. The molecule has 1 fully saturated rings. The minimum absolute atomic E-state index is 0.0168. The van der Waals surface area contributed by atoms with Crippen LogP contribution in [0.15, 0.2) is 35.6 Å². The Balaban J connectivity index is 1.63. The Bertz CT molecular complexity index is 1210. The van der Waals surface area contributed by atoms with Crippen molar-refractivity contribution in [2.24, 2.45) is 5.92 Å². The maximum atomic E-state index is 14.2. The van der Waals surface area contributed by atoms with Crippen molar-refractivity contribution in [2.45, 2.75) is 44.5 Å². The fourth-order valence-corrected chi connectivity index (χ4v) is 5.89. The van der Waals surface area contributed by atoms with E-state index >= 15 is 0 Å². The maximum absolute atomic E-state index is 14.2. The summed E-state index contributed by atoms with van der Waals surface area (Å²) < 4.78 is 30.3. The van der Waals surface area contributed by atoms with Gasteiger partial charge in [-0.05, 0) is 43.9 Å². The minimum atomic E-state index is -1.08. The number of rotatable bonds is 4. The quantitative estimate of drug-likeness (QED) is 0.608. The van der Waals surface area contributed by atoms with E-state index < -0.39 is 36.1 Å². The summed E-state index contributed by atoms with van der Waals surface area (Å²) in [4.78, 5) is 45.6. The SMILES string of the molecule is COC(=O)c1sc(N2C(=O)C3=C(C(=O)C4CC(F)CCC4O3)C2c2ccc(OC)cc2)nc1C. The highest BCUT2D eigenvalue weighted by molar-refractivity contribution is 7.17. The first-order chi connectivity index (χ1) is 16.3. The molecule has 4 unspecified atom stereocenters. The summed E-state index contributed by atoms with van der Waals surface area (Å²) in [6.45, 7) is 1.65. The van der Waals surface area contributed by atoms with Crippen molar-refractivity contribution >= 4 is 34.1 Å². The van der Waals surface area contributed by atoms with Crippen LogP contribution >= 0.6 is 11.3 Å². The average Bonchev–Trinajstić information content (AvgIpc) is 3.36. The Morgan fingerprint density at radius 2 is 1.94 bits per heavy atom. The van der Waals surface area contributed by atoms with Crippen molar-refractivity contribution < 1.29 is 33.0 Å². The fourth-order valence-electron chi connectivity index (χ4n) is 4.88. The molecule has 10 heteroatoms. The number of alkyl halides is 1. The van der Waals surface area contributed by atoms with Gasteiger partial charge in [0.05, 0.1) is 37.4 Å². The summed E-state index contributed by atoms with van der Waals surface area (Å²) in [6, 6.07) is 6.18. The van der Waals surface area contributed by atoms with E-state index in [4.69, 9.17) is 14.2 Å². The molecular formula is C24H23FN2O6S. The number of carbonyl (C=O) groups is 3. The number of methoxy groups -OCH3 is 2. The Hall–Kier alpha value is -3.27. The fraction of sp³-hybridized carbons (Fsp3) is 0.417. The number of hydrogen-bond donors (Lipinski definition) is 0. The van der Waals surface area contributed by atoms with Gasteiger partial charge in [-0.3, -0.25) is 14.5 Å². The predicted octanol–water partition coefficient (Wildman–Crippen LogP) is 3.69. The van der Waals surface area contributed by atoms with Crippen LogP contribution in [0.4, 0.5) is 9.52 Å². The van der Waals surface area contributed by atoms with Crippen molar-refractivity contribution in [3.05, 3.63) is 51.7 Å². The number of esters is 1. The standard InChI is InChI=1S/C24H23FN2O6S/c1-11-21(23(30)32-3)34-24(26-11)27-18(12-4-7-14(31-2)8-5-12)17-19(28)15-10-13(25)6-9-16(15)33-20(17)22(27)29/h4-5,7-8,13,15-16,18H,6,9-10H2,1-3H3. The van der Waals surface area contributed by atoms with Gasteiger partial charge in [-0.2, -0.15) is 0 Å². The monoisotopic (exact) mass is 486 g/mol. The summed E-state index contributed by atoms with van der Waals surface area (Å²) in [6.07, 6.45) is -0.856. The highest BCUT2D eigenvalue weighted by Gasteiger charge is 2.54. The van der Waals surface area contributed by atoms with Crippen LogP contribution in [0.5, 0.6) is 5.75 Å². The molecule has 34 heavy (non-hydrogen) atoms. The van der Waals surface area contributed by atoms with Gasteiger partial charge in [0, 0.05) is 0 Å². The lowest BCUT2D eigenvalue weighted by molar-refractivity contribution is -0.133. The van der Waals surface area contributed by atoms with Crippen molar-refractivity contribution in [3.63, 3.8) is 0 Å². The molecule has 0 bridgehead atoms. The van der Waals surface area contributed by atoms with Crippen molar-refractivity contribution in [1.82, 2.24) is 4.98 Å². The van der Waals surface area contributed by atoms with Gasteiger partial charge >= 0.3 is 5.97 Å². The van der Waals surface area contributed by atoms with Gasteiger partial charge in [0.1, 0.15) is 22.9 Å². The van der Waals surface area contributed by atoms with Gasteiger partial charge in [-0.1, -0.05) is 23.5 Å². The highest BCUT2D eigenvalue weighted by atomic mass is 32.1. The van der Waals surface area contributed by atoms with Crippen molar-refractivity contribution in [3.8, 4) is 5.75 Å². The molecule has 2 aromatic rings. The smallest absolute Gasteiger partial charge is 0.350 e. The summed E-state index contributed by atoms with van der Waals surface area (Å²) in [7, 11) is 2.82. The minimum Gasteiger partial charge on any atom is -0.497 e. The summed E-state index contributed by atoms with van der Waals surface area (Å²) >= 11 is 1.01. The molecule has 5 rings (SSSR count). The average molecular weight is 487 g/mol. The van der Waals surface area contributed by atoms with E-state index in [9.17, 15) is 18.8 Å². The number of thiazole rings is 1. The van der Waals surface area contributed by atoms with E-state index in [2.05, 4.69) is 4.98 Å². The van der Waals surface area contributed by atoms with Gasteiger partial charge in [0.2, 0.25) is 0 Å². The molecule has 1 amide bonds. The van der Waals surface area contributed by atoms with Crippen LogP contribution < -0.4 is 9.64 Å². The molecule has 0 saturated heterocycles. The lowest BCUT2D eigenvalue weighted by Crippen LogP contribution is -2.42. The molecule has 4 atom stereocenters. The van der Waals surface area contributed by atoms with Crippen LogP contribution in [-0.4, -0.2) is 49.1 Å². The number of carbonyl (C=O) groups excluding carboxylic acids is 3. The van der Waals surface area contributed by atoms with Crippen molar-refractivity contribution in [2.75, 3.05) is 19.1 Å². The third-order valence-corrected chi connectivity index (χ3v) is 7.71. The Labute approximate surface area is 199 Å². The molecule has 1 saturated carbocycles. The van der Waals surface area contributed by atoms with Gasteiger partial charge in [0.15, 0.2) is 16.7 Å². The van der Waals surface area contributed by atoms with Gasteiger partial charge < -0.3 is 14.2 Å². The van der Waals surface area contributed by atoms with E-state index in [0.29, 0.717) is 29.8 Å². The first kappa shape index (κ1) is 22.5. The number of hydrogen-bond acceptors (Lipinski definition) is 8. The number of ether oxygens (including phenoxy) is 3. The number of ketones is 1. The van der Waals surface area contributed by atoms with Gasteiger partial charge in [-0.15, -0.1) is 0 Å². The molecule has 0 N–H and O–H groups in total. The molecule has 3 aliphatic rings. The van der Waals surface area contributed by atoms with Crippen LogP contribution in [0, 0.1) is 12.8 Å². The zero-order valence-corrected chi connectivity index (χ0v) is 19.7. The van der Waals surface area contributed by atoms with E-state index in [0.717, 1.165) is 11.3 Å². The van der Waals surface area contributed by atoms with Crippen LogP contribution in [0.25, 0.3) is 0 Å². The first-order valence-corrected chi connectivity index (χ1v) is 11.8. The van der Waals surface area contributed by atoms with Crippen LogP contribution in [-0.2, 0) is 19.1 Å². The zero-order valence-electron chi connectivity index (χ0n) is 18.9. The Morgan fingerprint density at radius 3 is 2.62 bits per heavy atom. The highest BCUT2D eigenvalue weighted by Crippen LogP contribution is 2.49. The summed E-state index contributed by atoms with van der Waals surface area (Å²) in [5.41, 5.74) is 1.27. The largest absolute Gasteiger partial charge is 0.497 e. The van der Waals surface area contributed by atoms with Gasteiger partial charge in [-0.25, -0.2) is 14.2 Å². The number of amides is 1. The number of aromatic nitrogens is 1. The Kier molecular flexibility index (Phi) is 5.63. The van der Waals surface area contributed by atoms with E-state index in [1.807, 2.05) is 0 Å². The second kappa shape index (κ2) is 8.50. The number of aryl methyl sites for hydroxylation is 1. The molecule has 178 valence electrons. The van der Waals surface area contributed by atoms with Gasteiger partial charge in [0.25, 0.3) is 5.91 Å². The second-order valence-corrected chi connectivity index (χ2v) is 9.51. The Morgan fingerprint density at radius 1 is 1.21 bits per heavy atom. The third-order valence-electron chi connectivity index (χ3n) is 6.58. The molecule has 1 aromatic heterocycles. The molecule has 1 aromatic carbocycles. The molecule has 0 radical (unpaired) electrons. The number of benzene rings is 1. The van der Waals surface area contributed by atoms with Crippen LogP contribution in [0.3, 0.4) is 0 Å². The first-order valence-electron chi connectivity index (χ1n) is 11.0. The molecule has 1 aliphatic carbocycles. The predicted molar refractivity (Wildman–Crippen MR) is 121 cm³/mol. The molecule has 8 nitrogen and oxygen atoms in total. The number of anilines is 1. The molecular weight excluding hydrogens is 463 g/mol. The molecule has 2 aliphatic heterocycles. The number of halogens is 1. The summed E-state index contributed by atoms with van der Waals surface area (Å²) in [5.74, 6) is -1.37. The lowest BCUT2D eigenvalue weighted by atomic mass is 9.77. The normalized spacial score (nSPS) is 26.2. The molecule has 0 spiro atoms. The zero-order chi connectivity index (χ0) is 24.1. The topological polar surface area (TPSA) is 95.0 Å². The second-order valence-electron chi connectivity index (χ2n) is 8.53. The van der Waals surface area contributed by atoms with E-state index in [-0.39, 0.29) is 33.5 Å². The lowest BCUT2D eigenvalue weighted by Gasteiger charge is -2.36. The summed E-state index contributed by atoms with van der Waals surface area (Å²) in [5, 5.41) is 0.251. The third kappa shape index (κ3) is 3.48. The molecule has 3 heterocycles. The maximum Gasteiger partial charge on any atom is 0.350 e.